The zero-order valence-electron chi connectivity index (χ0n) is 13.9. The van der Waals surface area contributed by atoms with Crippen molar-refractivity contribution in [3.63, 3.8) is 0 Å². The second-order valence-electron chi connectivity index (χ2n) is 5.61. The molecule has 26 heavy (non-hydrogen) atoms. The number of halogens is 1. The largest absolute Gasteiger partial charge is 0.345 e. The predicted octanol–water partition coefficient (Wildman–Crippen LogP) is 3.11. The Labute approximate surface area is 155 Å². The van der Waals surface area contributed by atoms with Crippen LogP contribution in [0.4, 0.5) is 11.4 Å². The van der Waals surface area contributed by atoms with Crippen LogP contribution in [0.25, 0.3) is 0 Å². The lowest BCUT2D eigenvalue weighted by Crippen LogP contribution is -2.26. The highest BCUT2D eigenvalue weighted by Gasteiger charge is 2.17. The SMILES string of the molecule is C[C@@H](NC(=O)c1ccc([N+](=O)[O-])cc1Cl)c1ccc(NS(C)(=O)=O)cc1. The maximum atomic E-state index is 12.3. The van der Waals surface area contributed by atoms with Crippen molar-refractivity contribution in [3.05, 3.63) is 68.7 Å². The third-order valence-electron chi connectivity index (χ3n) is 3.47. The predicted molar refractivity (Wildman–Crippen MR) is 98.9 cm³/mol. The summed E-state index contributed by atoms with van der Waals surface area (Å²) in [4.78, 5) is 22.4. The van der Waals surface area contributed by atoms with Gasteiger partial charge in [0.15, 0.2) is 0 Å². The number of hydrogen-bond acceptors (Lipinski definition) is 5. The van der Waals surface area contributed by atoms with Crippen LogP contribution in [0.15, 0.2) is 42.5 Å². The van der Waals surface area contributed by atoms with Crippen LogP contribution in [0, 0.1) is 10.1 Å². The molecule has 0 radical (unpaired) electrons. The van der Waals surface area contributed by atoms with E-state index < -0.39 is 20.9 Å². The number of benzene rings is 2. The van der Waals surface area contributed by atoms with Gasteiger partial charge in [-0.3, -0.25) is 19.6 Å². The number of non-ortho nitro benzene ring substituents is 1. The number of carbonyl (C=O) groups is 1. The Balaban J connectivity index is 2.10. The number of nitrogens with one attached hydrogen (secondary N) is 2. The molecule has 0 saturated heterocycles. The van der Waals surface area contributed by atoms with E-state index in [1.54, 1.807) is 31.2 Å². The van der Waals surface area contributed by atoms with E-state index in [9.17, 15) is 23.3 Å². The number of nitro benzene ring substituents is 1. The van der Waals surface area contributed by atoms with Crippen molar-refractivity contribution >= 4 is 38.9 Å². The minimum absolute atomic E-state index is 0.0170. The smallest absolute Gasteiger partial charge is 0.270 e. The molecule has 2 aromatic carbocycles. The highest BCUT2D eigenvalue weighted by molar-refractivity contribution is 7.92. The van der Waals surface area contributed by atoms with Gasteiger partial charge in [0.05, 0.1) is 27.8 Å². The van der Waals surface area contributed by atoms with Gasteiger partial charge in [-0.2, -0.15) is 0 Å². The normalized spacial score (nSPS) is 12.3. The van der Waals surface area contributed by atoms with Crippen LogP contribution in [0.3, 0.4) is 0 Å². The second kappa shape index (κ2) is 7.71. The zero-order chi connectivity index (χ0) is 19.5. The van der Waals surface area contributed by atoms with Crippen molar-refractivity contribution in [1.82, 2.24) is 5.32 Å². The van der Waals surface area contributed by atoms with Crippen LogP contribution >= 0.6 is 11.6 Å². The van der Waals surface area contributed by atoms with Gasteiger partial charge in [-0.05, 0) is 30.7 Å². The Kier molecular flexibility index (Phi) is 5.83. The monoisotopic (exact) mass is 397 g/mol. The molecule has 1 atom stereocenters. The summed E-state index contributed by atoms with van der Waals surface area (Å²) in [5.74, 6) is -0.476. The van der Waals surface area contributed by atoms with Crippen molar-refractivity contribution in [2.45, 2.75) is 13.0 Å². The van der Waals surface area contributed by atoms with Crippen LogP contribution < -0.4 is 10.0 Å². The molecule has 0 bridgehead atoms. The molecule has 10 heteroatoms. The highest BCUT2D eigenvalue weighted by atomic mass is 35.5. The maximum Gasteiger partial charge on any atom is 0.270 e. The maximum absolute atomic E-state index is 12.3. The third kappa shape index (κ3) is 5.17. The molecular formula is C16H16ClN3O5S. The van der Waals surface area contributed by atoms with E-state index in [-0.39, 0.29) is 22.3 Å². The van der Waals surface area contributed by atoms with Crippen molar-refractivity contribution in [1.29, 1.82) is 0 Å². The first-order valence-corrected chi connectivity index (χ1v) is 9.66. The molecule has 0 aliphatic carbocycles. The lowest BCUT2D eigenvalue weighted by Gasteiger charge is -2.15. The number of nitro groups is 1. The van der Waals surface area contributed by atoms with Gasteiger partial charge in [-0.25, -0.2) is 8.42 Å². The van der Waals surface area contributed by atoms with E-state index in [0.29, 0.717) is 5.69 Å². The molecule has 8 nitrogen and oxygen atoms in total. The third-order valence-corrected chi connectivity index (χ3v) is 4.39. The van der Waals surface area contributed by atoms with Gasteiger partial charge in [0, 0.05) is 17.8 Å². The van der Waals surface area contributed by atoms with Crippen LogP contribution in [-0.2, 0) is 10.0 Å². The molecular weight excluding hydrogens is 382 g/mol. The Morgan fingerprint density at radius 2 is 1.81 bits per heavy atom. The summed E-state index contributed by atoms with van der Waals surface area (Å²) in [5.41, 5.74) is 1.08. The summed E-state index contributed by atoms with van der Waals surface area (Å²) < 4.78 is 24.7. The molecule has 2 N–H and O–H groups in total. The van der Waals surface area contributed by atoms with Gasteiger partial charge in [-0.15, -0.1) is 0 Å². The number of nitrogens with zero attached hydrogens (tertiary/aromatic N) is 1. The van der Waals surface area contributed by atoms with Crippen LogP contribution in [0.5, 0.6) is 0 Å². The molecule has 138 valence electrons. The van der Waals surface area contributed by atoms with E-state index in [1.165, 1.54) is 12.1 Å². The van der Waals surface area contributed by atoms with Crippen LogP contribution in [0.2, 0.25) is 5.02 Å². The number of sulfonamides is 1. The van der Waals surface area contributed by atoms with Gasteiger partial charge in [-0.1, -0.05) is 23.7 Å². The minimum Gasteiger partial charge on any atom is -0.345 e. The molecule has 0 aliphatic rings. The number of carbonyl (C=O) groups excluding carboxylic acids is 1. The summed E-state index contributed by atoms with van der Waals surface area (Å²) >= 11 is 5.95. The van der Waals surface area contributed by atoms with Crippen molar-refractivity contribution < 1.29 is 18.1 Å². The van der Waals surface area contributed by atoms with E-state index in [2.05, 4.69) is 10.0 Å². The molecule has 0 saturated carbocycles. The highest BCUT2D eigenvalue weighted by Crippen LogP contribution is 2.23. The summed E-state index contributed by atoms with van der Waals surface area (Å²) in [6, 6.07) is 9.74. The molecule has 0 aliphatic heterocycles. The van der Waals surface area contributed by atoms with E-state index in [0.717, 1.165) is 17.9 Å². The van der Waals surface area contributed by atoms with Crippen molar-refractivity contribution in [3.8, 4) is 0 Å². The zero-order valence-corrected chi connectivity index (χ0v) is 15.5. The average Bonchev–Trinajstić information content (AvgIpc) is 2.53. The summed E-state index contributed by atoms with van der Waals surface area (Å²) in [6.07, 6.45) is 1.05. The van der Waals surface area contributed by atoms with Crippen molar-refractivity contribution in [2.75, 3.05) is 11.0 Å². The molecule has 0 heterocycles. The quantitative estimate of drug-likeness (QED) is 0.573. The van der Waals surface area contributed by atoms with E-state index in [1.807, 2.05) is 0 Å². The fraction of sp³-hybridized carbons (Fsp3) is 0.188. The topological polar surface area (TPSA) is 118 Å². The molecule has 0 fully saturated rings. The lowest BCUT2D eigenvalue weighted by atomic mass is 10.1. The Bertz CT molecular complexity index is 945. The van der Waals surface area contributed by atoms with Crippen LogP contribution in [0.1, 0.15) is 28.9 Å². The number of rotatable bonds is 6. The van der Waals surface area contributed by atoms with E-state index in [4.69, 9.17) is 11.6 Å². The number of hydrogen-bond donors (Lipinski definition) is 2. The first-order valence-electron chi connectivity index (χ1n) is 7.39. The first-order chi connectivity index (χ1) is 12.1. The van der Waals surface area contributed by atoms with Gasteiger partial charge in [0.2, 0.25) is 10.0 Å². The van der Waals surface area contributed by atoms with Gasteiger partial charge in [0.1, 0.15) is 0 Å². The number of amides is 1. The minimum atomic E-state index is -3.36. The van der Waals surface area contributed by atoms with Gasteiger partial charge in [0.25, 0.3) is 11.6 Å². The average molecular weight is 398 g/mol. The van der Waals surface area contributed by atoms with Crippen LogP contribution in [-0.4, -0.2) is 25.5 Å². The fourth-order valence-corrected chi connectivity index (χ4v) is 3.04. The van der Waals surface area contributed by atoms with Gasteiger partial charge >= 0.3 is 0 Å². The lowest BCUT2D eigenvalue weighted by molar-refractivity contribution is -0.384. The summed E-state index contributed by atoms with van der Waals surface area (Å²) in [7, 11) is -3.36. The Morgan fingerprint density at radius 3 is 2.31 bits per heavy atom. The molecule has 0 unspecified atom stereocenters. The summed E-state index contributed by atoms with van der Waals surface area (Å²) in [5, 5.41) is 13.4. The fourth-order valence-electron chi connectivity index (χ4n) is 2.21. The number of anilines is 1. The second-order valence-corrected chi connectivity index (χ2v) is 7.77. The Morgan fingerprint density at radius 1 is 1.19 bits per heavy atom. The molecule has 2 rings (SSSR count). The van der Waals surface area contributed by atoms with E-state index >= 15 is 0 Å². The molecule has 1 amide bonds. The molecule has 2 aromatic rings. The molecule has 0 spiro atoms. The Hall–Kier alpha value is -2.65. The van der Waals surface area contributed by atoms with Gasteiger partial charge < -0.3 is 5.32 Å². The van der Waals surface area contributed by atoms with Crippen molar-refractivity contribution in [2.24, 2.45) is 0 Å². The summed E-state index contributed by atoms with van der Waals surface area (Å²) in [6.45, 7) is 1.75. The first kappa shape index (κ1) is 19.7. The molecule has 0 aromatic heterocycles. The standard InChI is InChI=1S/C16H16ClN3O5S/c1-10(11-3-5-12(6-4-11)19-26(2,24)25)18-16(21)14-8-7-13(20(22)23)9-15(14)17/h3-10,19H,1-2H3,(H,18,21)/t10-/m1/s1.